The Labute approximate surface area is 207 Å². The number of carbonyl (C=O) groups is 2. The van der Waals surface area contributed by atoms with Gasteiger partial charge in [0.1, 0.15) is 6.54 Å². The molecular formula is C28H34N4O3. The Morgan fingerprint density at radius 1 is 1.03 bits per heavy atom. The number of methoxy groups -OCH3 is 1. The van der Waals surface area contributed by atoms with Crippen LogP contribution in [0.3, 0.4) is 0 Å². The number of hydrogen-bond acceptors (Lipinski definition) is 5. The number of hydrogen-bond donors (Lipinski definition) is 0. The van der Waals surface area contributed by atoms with Crippen LogP contribution in [0, 0.1) is 5.92 Å². The fourth-order valence-corrected chi connectivity index (χ4v) is 4.92. The molecular weight excluding hydrogens is 440 g/mol. The Morgan fingerprint density at radius 3 is 2.37 bits per heavy atom. The van der Waals surface area contributed by atoms with Crippen LogP contribution in [0.15, 0.2) is 73.1 Å². The molecule has 1 fully saturated rings. The van der Waals surface area contributed by atoms with Gasteiger partial charge in [-0.15, -0.1) is 0 Å². The summed E-state index contributed by atoms with van der Waals surface area (Å²) in [6.07, 6.45) is 6.46. The molecule has 1 aromatic heterocycles. The van der Waals surface area contributed by atoms with E-state index >= 15 is 0 Å². The Bertz CT molecular complexity index is 1080. The Kier molecular flexibility index (Phi) is 8.32. The predicted molar refractivity (Wildman–Crippen MR) is 135 cm³/mol. The molecule has 0 bridgehead atoms. The molecule has 1 aliphatic rings. The van der Waals surface area contributed by atoms with E-state index in [1.165, 1.54) is 18.2 Å². The number of esters is 1. The Morgan fingerprint density at radius 2 is 1.74 bits per heavy atom. The van der Waals surface area contributed by atoms with Crippen LogP contribution < -0.4 is 0 Å². The first-order valence-electron chi connectivity index (χ1n) is 12.2. The number of likely N-dealkylation sites (N-methyl/N-ethyl adjacent to an activating group) is 1. The molecule has 2 heterocycles. The predicted octanol–water partition coefficient (Wildman–Crippen LogP) is 3.65. The molecule has 4 rings (SSSR count). The zero-order valence-electron chi connectivity index (χ0n) is 20.5. The van der Waals surface area contributed by atoms with Crippen LogP contribution in [0.5, 0.6) is 0 Å². The summed E-state index contributed by atoms with van der Waals surface area (Å²) in [5, 5.41) is 4.20. The van der Waals surface area contributed by atoms with Crippen LogP contribution in [0.4, 0.5) is 0 Å². The maximum Gasteiger partial charge on any atom is 0.337 e. The summed E-state index contributed by atoms with van der Waals surface area (Å²) in [5.74, 6) is 0.204. The number of ether oxygens (including phenoxy) is 1. The van der Waals surface area contributed by atoms with E-state index in [0.29, 0.717) is 11.5 Å². The third-order valence-electron chi connectivity index (χ3n) is 6.99. The molecule has 0 spiro atoms. The first-order chi connectivity index (χ1) is 17.0. The summed E-state index contributed by atoms with van der Waals surface area (Å²) in [4.78, 5) is 29.2. The van der Waals surface area contributed by atoms with Crippen LogP contribution in [0.25, 0.3) is 0 Å². The molecule has 7 heteroatoms. The van der Waals surface area contributed by atoms with Crippen molar-refractivity contribution in [3.05, 3.63) is 89.7 Å². The van der Waals surface area contributed by atoms with E-state index in [2.05, 4.69) is 34.3 Å². The number of amides is 1. The third-order valence-corrected chi connectivity index (χ3v) is 6.99. The minimum atomic E-state index is -0.312. The summed E-state index contributed by atoms with van der Waals surface area (Å²) >= 11 is 0. The SMILES string of the molecule is COC(=O)c1ccc(CN2CCC([C@H](Cc3ccccc3)N(C)C(=O)Cn3cccn3)CC2)cc1. The summed E-state index contributed by atoms with van der Waals surface area (Å²) in [6, 6.07) is 20.1. The number of aromatic nitrogens is 2. The zero-order valence-corrected chi connectivity index (χ0v) is 20.5. The van der Waals surface area contributed by atoms with Gasteiger partial charge in [-0.25, -0.2) is 4.79 Å². The monoisotopic (exact) mass is 474 g/mol. The first-order valence-corrected chi connectivity index (χ1v) is 12.2. The van der Waals surface area contributed by atoms with Crippen LogP contribution in [0.1, 0.15) is 34.3 Å². The van der Waals surface area contributed by atoms with Crippen LogP contribution in [-0.4, -0.2) is 64.7 Å². The first kappa shape index (κ1) is 24.7. The van der Waals surface area contributed by atoms with E-state index in [9.17, 15) is 9.59 Å². The van der Waals surface area contributed by atoms with Crippen molar-refractivity contribution < 1.29 is 14.3 Å². The smallest absolute Gasteiger partial charge is 0.337 e. The minimum Gasteiger partial charge on any atom is -0.465 e. The highest BCUT2D eigenvalue weighted by Crippen LogP contribution is 2.27. The van der Waals surface area contributed by atoms with Crippen molar-refractivity contribution in [1.29, 1.82) is 0 Å². The van der Waals surface area contributed by atoms with Crippen molar-refractivity contribution in [2.75, 3.05) is 27.2 Å². The van der Waals surface area contributed by atoms with Crippen molar-refractivity contribution in [2.24, 2.45) is 5.92 Å². The summed E-state index contributed by atoms with van der Waals surface area (Å²) < 4.78 is 6.47. The lowest BCUT2D eigenvalue weighted by atomic mass is 9.84. The molecule has 184 valence electrons. The second-order valence-electron chi connectivity index (χ2n) is 9.27. The highest BCUT2D eigenvalue weighted by Gasteiger charge is 2.31. The highest BCUT2D eigenvalue weighted by atomic mass is 16.5. The maximum atomic E-state index is 13.1. The van der Waals surface area contributed by atoms with E-state index < -0.39 is 0 Å². The molecule has 0 aliphatic carbocycles. The average Bonchev–Trinajstić information content (AvgIpc) is 3.41. The molecule has 1 aliphatic heterocycles. The molecule has 35 heavy (non-hydrogen) atoms. The van der Waals surface area contributed by atoms with Crippen molar-refractivity contribution in [3.63, 3.8) is 0 Å². The van der Waals surface area contributed by atoms with E-state index in [1.807, 2.05) is 54.5 Å². The van der Waals surface area contributed by atoms with Gasteiger partial charge in [0.25, 0.3) is 0 Å². The van der Waals surface area contributed by atoms with Gasteiger partial charge in [-0.2, -0.15) is 5.10 Å². The lowest BCUT2D eigenvalue weighted by molar-refractivity contribution is -0.134. The van der Waals surface area contributed by atoms with Gasteiger partial charge in [-0.05, 0) is 67.6 Å². The van der Waals surface area contributed by atoms with Crippen molar-refractivity contribution >= 4 is 11.9 Å². The van der Waals surface area contributed by atoms with Gasteiger partial charge in [0.2, 0.25) is 5.91 Å². The van der Waals surface area contributed by atoms with E-state index in [1.54, 1.807) is 10.9 Å². The van der Waals surface area contributed by atoms with Crippen LogP contribution in [0.2, 0.25) is 0 Å². The number of likely N-dealkylation sites (tertiary alicyclic amines) is 1. The fraction of sp³-hybridized carbons (Fsp3) is 0.393. The number of nitrogens with zero attached hydrogens (tertiary/aromatic N) is 4. The zero-order chi connectivity index (χ0) is 24.6. The molecule has 1 atom stereocenters. The maximum absolute atomic E-state index is 13.1. The van der Waals surface area contributed by atoms with Crippen molar-refractivity contribution in [1.82, 2.24) is 19.6 Å². The van der Waals surface area contributed by atoms with Gasteiger partial charge < -0.3 is 9.64 Å². The summed E-state index contributed by atoms with van der Waals surface area (Å²) in [5.41, 5.74) is 3.01. The van der Waals surface area contributed by atoms with Gasteiger partial charge >= 0.3 is 5.97 Å². The van der Waals surface area contributed by atoms with Crippen molar-refractivity contribution in [3.8, 4) is 0 Å². The van der Waals surface area contributed by atoms with E-state index in [4.69, 9.17) is 4.74 Å². The second-order valence-corrected chi connectivity index (χ2v) is 9.27. The fourth-order valence-electron chi connectivity index (χ4n) is 4.92. The molecule has 0 unspecified atom stereocenters. The van der Waals surface area contributed by atoms with Gasteiger partial charge in [-0.1, -0.05) is 42.5 Å². The van der Waals surface area contributed by atoms with E-state index in [0.717, 1.165) is 38.9 Å². The minimum absolute atomic E-state index is 0.0859. The normalized spacial score (nSPS) is 15.5. The van der Waals surface area contributed by atoms with Crippen LogP contribution in [-0.2, 0) is 29.0 Å². The van der Waals surface area contributed by atoms with Gasteiger partial charge in [0.15, 0.2) is 0 Å². The highest BCUT2D eigenvalue weighted by molar-refractivity contribution is 5.89. The molecule has 7 nitrogen and oxygen atoms in total. The molecule has 3 aromatic rings. The number of piperidine rings is 1. The Balaban J connectivity index is 1.39. The molecule has 0 saturated carbocycles. The van der Waals surface area contributed by atoms with Crippen LogP contribution >= 0.6 is 0 Å². The van der Waals surface area contributed by atoms with Gasteiger partial charge in [-0.3, -0.25) is 14.4 Å². The topological polar surface area (TPSA) is 67.7 Å². The number of rotatable bonds is 9. The molecule has 0 radical (unpaired) electrons. The lowest BCUT2D eigenvalue weighted by Crippen LogP contribution is -2.48. The van der Waals surface area contributed by atoms with Crippen molar-refractivity contribution in [2.45, 2.75) is 38.4 Å². The Hall–Kier alpha value is -3.45. The molecule has 1 amide bonds. The largest absolute Gasteiger partial charge is 0.465 e. The summed E-state index contributed by atoms with van der Waals surface area (Å²) in [7, 11) is 3.34. The standard InChI is InChI=1S/C28H34N4O3/c1-30(27(33)21-32-16-6-15-29-32)26(19-22-7-4-3-5-8-22)24-13-17-31(18-14-24)20-23-9-11-25(12-10-23)28(34)35-2/h3-12,15-16,24,26H,13-14,17-21H2,1-2H3/t26-/m0/s1. The average molecular weight is 475 g/mol. The molecule has 2 aromatic carbocycles. The number of benzene rings is 2. The molecule has 1 saturated heterocycles. The second kappa shape index (κ2) is 11.8. The lowest BCUT2D eigenvalue weighted by Gasteiger charge is -2.40. The quantitative estimate of drug-likeness (QED) is 0.443. The number of carbonyl (C=O) groups excluding carboxylic acids is 2. The van der Waals surface area contributed by atoms with Gasteiger partial charge in [0, 0.05) is 32.0 Å². The summed E-state index contributed by atoms with van der Waals surface area (Å²) in [6.45, 7) is 3.08. The molecule has 0 N–H and O–H groups in total. The third kappa shape index (κ3) is 6.57. The van der Waals surface area contributed by atoms with E-state index in [-0.39, 0.29) is 24.5 Å². The van der Waals surface area contributed by atoms with Gasteiger partial charge in [0.05, 0.1) is 12.7 Å².